The molecule has 0 amide bonds. The van der Waals surface area contributed by atoms with E-state index in [1.165, 1.54) is 58.0 Å². The minimum Gasteiger partial charge on any atom is -0.796 e. The summed E-state index contributed by atoms with van der Waals surface area (Å²) in [6.07, 6.45) is 3.41. The zero-order chi connectivity index (χ0) is 42.9. The fraction of sp³-hybridized carbons (Fsp3) is 0.0667. The summed E-state index contributed by atoms with van der Waals surface area (Å²) in [6.45, 7) is 0. The van der Waals surface area contributed by atoms with Crippen molar-refractivity contribution in [1.29, 1.82) is 0 Å². The Morgan fingerprint density at radius 3 is 0.964 bits per heavy atom. The van der Waals surface area contributed by atoms with Gasteiger partial charge in [0, 0.05) is 39.0 Å². The molecular formula is C30H18N4O16S6-6. The average Bonchev–Trinajstić information content (AvgIpc) is 3.14. The predicted octanol–water partition coefficient (Wildman–Crippen LogP) is 2.39. The van der Waals surface area contributed by atoms with E-state index in [9.17, 15) is 80.1 Å². The van der Waals surface area contributed by atoms with E-state index in [1.807, 2.05) is 6.26 Å². The van der Waals surface area contributed by atoms with E-state index in [0.29, 0.717) is 14.7 Å². The smallest absolute Gasteiger partial charge is 0.278 e. The number of aromatic carboxylic acids is 4. The summed E-state index contributed by atoms with van der Waals surface area (Å²) in [5.41, 5.74) is -4.26. The molecule has 0 aliphatic carbocycles. The van der Waals surface area contributed by atoms with Crippen LogP contribution in [0.4, 0.5) is 22.7 Å². The fourth-order valence-electron chi connectivity index (χ4n) is 3.70. The maximum absolute atomic E-state index is 11.0. The van der Waals surface area contributed by atoms with Gasteiger partial charge in [-0.25, -0.2) is 0 Å². The molecular weight excluding hydrogens is 865 g/mol. The normalized spacial score (nSPS) is 9.77. The van der Waals surface area contributed by atoms with Gasteiger partial charge in [-0.15, -0.1) is 0 Å². The van der Waals surface area contributed by atoms with Gasteiger partial charge in [-0.3, -0.25) is 40.5 Å². The quantitative estimate of drug-likeness (QED) is 0.0805. The van der Waals surface area contributed by atoms with E-state index < -0.39 is 83.0 Å². The molecule has 4 aromatic rings. The number of nitro benzene ring substituents is 4. The third kappa shape index (κ3) is 14.5. The van der Waals surface area contributed by atoms with Gasteiger partial charge >= 0.3 is 0 Å². The molecule has 4 aromatic carbocycles. The molecule has 4 rings (SSSR count). The molecule has 0 atom stereocenters. The van der Waals surface area contributed by atoms with E-state index in [-0.39, 0.29) is 10.5 Å². The van der Waals surface area contributed by atoms with Crippen LogP contribution in [0.5, 0.6) is 0 Å². The van der Waals surface area contributed by atoms with Gasteiger partial charge < -0.3 is 64.9 Å². The van der Waals surface area contributed by atoms with Gasteiger partial charge in [0.2, 0.25) is 0 Å². The van der Waals surface area contributed by atoms with Gasteiger partial charge in [-0.05, 0) is 42.7 Å². The van der Waals surface area contributed by atoms with Gasteiger partial charge in [0.05, 0.1) is 65.8 Å². The highest BCUT2D eigenvalue weighted by Crippen LogP contribution is 2.40. The third-order valence-electron chi connectivity index (χ3n) is 5.95. The highest BCUT2D eigenvalue weighted by Gasteiger charge is 2.18. The first-order chi connectivity index (χ1) is 26.3. The Labute approximate surface area is 340 Å². The highest BCUT2D eigenvalue weighted by molar-refractivity contribution is 8.76. The van der Waals surface area contributed by atoms with Crippen LogP contribution in [0.25, 0.3) is 0 Å². The number of carbonyl (C=O) groups excluding carboxylic acids is 4. The van der Waals surface area contributed by atoms with Crippen LogP contribution in [0.3, 0.4) is 0 Å². The SMILES string of the molecule is CSSc1ccc([N+](=O)[O-])c(C(=O)[O-])c1.C[S-].O=C([O-])c1cc(SSc2ccc([N+](=O)[O-])c(C(=O)[O-])c2)ccc1[N+](=O)[O-].O=C([O-])c1cc([S-])ccc1[N+](=O)[O-]. The summed E-state index contributed by atoms with van der Waals surface area (Å²) < 4.78 is 0. The van der Waals surface area contributed by atoms with E-state index >= 15 is 0 Å². The van der Waals surface area contributed by atoms with Crippen LogP contribution in [-0.2, 0) is 25.3 Å². The molecule has 56 heavy (non-hydrogen) atoms. The van der Waals surface area contributed by atoms with Crippen molar-refractivity contribution in [2.45, 2.75) is 19.6 Å². The van der Waals surface area contributed by atoms with Gasteiger partial charge in [0.25, 0.3) is 22.7 Å². The molecule has 0 aliphatic heterocycles. The number of carbonyl (C=O) groups is 4. The maximum atomic E-state index is 11.0. The third-order valence-corrected chi connectivity index (χ3v) is 10.3. The van der Waals surface area contributed by atoms with Crippen molar-refractivity contribution in [1.82, 2.24) is 0 Å². The van der Waals surface area contributed by atoms with E-state index in [2.05, 4.69) is 25.3 Å². The Morgan fingerprint density at radius 2 is 0.714 bits per heavy atom. The number of hydrogen-bond acceptors (Lipinski definition) is 22. The van der Waals surface area contributed by atoms with Crippen LogP contribution in [0.1, 0.15) is 41.4 Å². The molecule has 20 nitrogen and oxygen atoms in total. The Hall–Kier alpha value is -5.67. The Morgan fingerprint density at radius 1 is 0.464 bits per heavy atom. The summed E-state index contributed by atoms with van der Waals surface area (Å²) in [4.78, 5) is 83.8. The van der Waals surface area contributed by atoms with Crippen LogP contribution in [0.15, 0.2) is 92.4 Å². The van der Waals surface area contributed by atoms with Crippen LogP contribution in [0.2, 0.25) is 0 Å². The Balaban J connectivity index is 0.000000444. The lowest BCUT2D eigenvalue weighted by molar-refractivity contribution is -0.386. The molecule has 0 radical (unpaired) electrons. The number of nitrogens with zero attached hydrogens (tertiary/aromatic N) is 4. The standard InChI is InChI=1S/C14H8N2O8S2.C8H7NO4S2.C7H5NO4S.CH4S/c17-13(18)9-5-7(1-3-11(9)15(21)22)25-26-8-2-4-12(16(23)24)10(6-8)14(19)20;1-14-15-5-2-3-7(9(12)13)6(4-5)8(10)11;9-7(10)5-3-4(13)1-2-6(5)8(11)12;1-2/h1-6H,(H,17,18)(H,19,20);2-4H,1H3,(H,10,11);1-3,13H,(H,9,10);2H,1H3/p-6. The first kappa shape index (κ1) is 48.3. The number of carboxylic acids is 4. The molecule has 0 saturated carbocycles. The number of hydrogen-bond donors (Lipinski definition) is 0. The largest absolute Gasteiger partial charge is 0.796 e. The van der Waals surface area contributed by atoms with Crippen molar-refractivity contribution in [3.05, 3.63) is 136 Å². The van der Waals surface area contributed by atoms with Crippen molar-refractivity contribution in [3.8, 4) is 0 Å². The molecule has 0 spiro atoms. The number of carboxylic acid groups (broad SMARTS) is 4. The summed E-state index contributed by atoms with van der Waals surface area (Å²) in [5.74, 6) is -6.55. The van der Waals surface area contributed by atoms with Crippen molar-refractivity contribution in [3.63, 3.8) is 0 Å². The minimum absolute atomic E-state index is 0.227. The number of nitro groups is 4. The maximum Gasteiger partial charge on any atom is 0.278 e. The van der Waals surface area contributed by atoms with Gasteiger partial charge in [0.1, 0.15) is 0 Å². The first-order valence-electron chi connectivity index (χ1n) is 13.9. The lowest BCUT2D eigenvalue weighted by Gasteiger charge is -2.09. The fourth-order valence-corrected chi connectivity index (χ4v) is 7.23. The van der Waals surface area contributed by atoms with Crippen LogP contribution in [0, 0.1) is 40.5 Å². The summed E-state index contributed by atoms with van der Waals surface area (Å²) >= 11 is 8.73. The second-order valence-corrected chi connectivity index (χ2v) is 14.5. The van der Waals surface area contributed by atoms with E-state index in [0.717, 1.165) is 58.0 Å². The molecule has 0 aromatic heterocycles. The van der Waals surface area contributed by atoms with Crippen molar-refractivity contribution >= 4 is 115 Å². The summed E-state index contributed by atoms with van der Waals surface area (Å²) in [7, 11) is 4.71. The molecule has 0 N–H and O–H groups in total. The predicted molar refractivity (Wildman–Crippen MR) is 200 cm³/mol. The van der Waals surface area contributed by atoms with Crippen LogP contribution < -0.4 is 20.4 Å². The zero-order valence-electron chi connectivity index (χ0n) is 27.7. The first-order valence-corrected chi connectivity index (χ1v) is 19.8. The molecule has 0 bridgehead atoms. The van der Waals surface area contributed by atoms with Gasteiger partial charge in [-0.1, -0.05) is 55.3 Å². The lowest BCUT2D eigenvalue weighted by atomic mass is 10.2. The Kier molecular flexibility index (Phi) is 20.1. The summed E-state index contributed by atoms with van der Waals surface area (Å²) in [6, 6.07) is 14.0. The molecule has 26 heteroatoms. The Bertz CT molecular complexity index is 2100. The zero-order valence-corrected chi connectivity index (χ0v) is 32.6. The molecule has 0 fully saturated rings. The van der Waals surface area contributed by atoms with Crippen LogP contribution in [-0.4, -0.2) is 56.1 Å². The number of rotatable bonds is 13. The van der Waals surface area contributed by atoms with E-state index in [4.69, 9.17) is 0 Å². The molecule has 0 saturated heterocycles. The van der Waals surface area contributed by atoms with Crippen molar-refractivity contribution < 1.29 is 59.3 Å². The summed E-state index contributed by atoms with van der Waals surface area (Å²) in [5, 5.41) is 85.5. The van der Waals surface area contributed by atoms with E-state index in [1.54, 1.807) is 6.26 Å². The van der Waals surface area contributed by atoms with Crippen molar-refractivity contribution in [2.75, 3.05) is 12.5 Å². The second kappa shape index (κ2) is 23.3. The van der Waals surface area contributed by atoms with Crippen molar-refractivity contribution in [2.24, 2.45) is 0 Å². The highest BCUT2D eigenvalue weighted by atomic mass is 33.1. The average molecular weight is 883 g/mol. The molecule has 0 aliphatic rings. The second-order valence-electron chi connectivity index (χ2n) is 9.31. The topological polar surface area (TPSA) is 333 Å². The molecule has 0 unspecified atom stereocenters. The lowest BCUT2D eigenvalue weighted by Crippen LogP contribution is -2.23. The minimum atomic E-state index is -1.71. The molecule has 296 valence electrons. The molecule has 0 heterocycles. The van der Waals surface area contributed by atoms with Gasteiger partial charge in [-0.2, -0.15) is 11.2 Å². The monoisotopic (exact) mass is 882 g/mol. The van der Waals surface area contributed by atoms with Crippen LogP contribution >= 0.6 is 43.2 Å². The number of benzene rings is 4. The van der Waals surface area contributed by atoms with Gasteiger partial charge in [0.15, 0.2) is 0 Å².